The van der Waals surface area contributed by atoms with Crippen LogP contribution in [0.25, 0.3) is 0 Å². The fourth-order valence-corrected chi connectivity index (χ4v) is 2.83. The van der Waals surface area contributed by atoms with Crippen molar-refractivity contribution in [2.75, 3.05) is 54.7 Å². The Labute approximate surface area is 128 Å². The lowest BCUT2D eigenvalue weighted by molar-refractivity contribution is -0.151. The Balaban J connectivity index is 2.86. The number of hydrogen-bond donors (Lipinski definition) is 1. The third-order valence-corrected chi connectivity index (χ3v) is 4.34. The molecule has 0 saturated heterocycles. The van der Waals surface area contributed by atoms with Crippen LogP contribution in [0.15, 0.2) is 0 Å². The minimum absolute atomic E-state index is 0.181. The maximum absolute atomic E-state index is 12.4. The molecule has 0 amide bonds. The SMILES string of the molecule is CNC(CN(CCOC)C(C)COC)(C(=O)OC)C1CC1. The average molecular weight is 302 g/mol. The second-order valence-electron chi connectivity index (χ2n) is 5.75. The van der Waals surface area contributed by atoms with E-state index in [4.69, 9.17) is 14.2 Å². The number of esters is 1. The zero-order valence-corrected chi connectivity index (χ0v) is 14.0. The monoisotopic (exact) mass is 302 g/mol. The van der Waals surface area contributed by atoms with Crippen molar-refractivity contribution in [1.29, 1.82) is 0 Å². The highest BCUT2D eigenvalue weighted by Crippen LogP contribution is 2.41. The van der Waals surface area contributed by atoms with Crippen LogP contribution in [0.5, 0.6) is 0 Å². The van der Waals surface area contributed by atoms with Crippen molar-refractivity contribution in [1.82, 2.24) is 10.2 Å². The highest BCUT2D eigenvalue weighted by Gasteiger charge is 2.52. The first-order valence-electron chi connectivity index (χ1n) is 7.55. The van der Waals surface area contributed by atoms with Gasteiger partial charge in [0.05, 0.1) is 20.3 Å². The predicted molar refractivity (Wildman–Crippen MR) is 81.3 cm³/mol. The van der Waals surface area contributed by atoms with Gasteiger partial charge in [0, 0.05) is 33.4 Å². The minimum atomic E-state index is -0.634. The Bertz CT molecular complexity index is 323. The average Bonchev–Trinajstić information content (AvgIpc) is 3.32. The van der Waals surface area contributed by atoms with Crippen LogP contribution in [0.3, 0.4) is 0 Å². The summed E-state index contributed by atoms with van der Waals surface area (Å²) in [6.07, 6.45) is 2.12. The van der Waals surface area contributed by atoms with Gasteiger partial charge in [-0.2, -0.15) is 0 Å². The van der Waals surface area contributed by atoms with E-state index < -0.39 is 5.54 Å². The summed E-state index contributed by atoms with van der Waals surface area (Å²) >= 11 is 0. The topological polar surface area (TPSA) is 60.0 Å². The van der Waals surface area contributed by atoms with Gasteiger partial charge in [-0.1, -0.05) is 0 Å². The molecule has 1 N–H and O–H groups in total. The molecule has 0 radical (unpaired) electrons. The van der Waals surface area contributed by atoms with E-state index in [1.54, 1.807) is 14.2 Å². The zero-order chi connectivity index (χ0) is 15.9. The van der Waals surface area contributed by atoms with E-state index in [2.05, 4.69) is 17.1 Å². The number of nitrogens with zero attached hydrogens (tertiary/aromatic N) is 1. The molecule has 6 nitrogen and oxygen atoms in total. The van der Waals surface area contributed by atoms with E-state index in [0.717, 1.165) is 19.4 Å². The Morgan fingerprint density at radius 1 is 1.33 bits per heavy atom. The quantitative estimate of drug-likeness (QED) is 0.561. The van der Waals surface area contributed by atoms with Crippen LogP contribution in [-0.2, 0) is 19.0 Å². The van der Waals surface area contributed by atoms with Gasteiger partial charge in [0.15, 0.2) is 0 Å². The van der Waals surface area contributed by atoms with E-state index >= 15 is 0 Å². The maximum atomic E-state index is 12.4. The molecule has 0 aromatic heterocycles. The number of ether oxygens (including phenoxy) is 3. The Hall–Kier alpha value is -0.690. The zero-order valence-electron chi connectivity index (χ0n) is 14.0. The van der Waals surface area contributed by atoms with Gasteiger partial charge in [-0.05, 0) is 32.7 Å². The smallest absolute Gasteiger partial charge is 0.327 e. The Morgan fingerprint density at radius 3 is 2.43 bits per heavy atom. The fourth-order valence-electron chi connectivity index (χ4n) is 2.83. The molecular formula is C15H30N2O4. The molecule has 0 aromatic rings. The maximum Gasteiger partial charge on any atom is 0.327 e. The molecule has 124 valence electrons. The van der Waals surface area contributed by atoms with E-state index in [9.17, 15) is 4.79 Å². The number of likely N-dealkylation sites (N-methyl/N-ethyl adjacent to an activating group) is 1. The molecule has 1 rings (SSSR count). The Morgan fingerprint density at radius 2 is 2.00 bits per heavy atom. The van der Waals surface area contributed by atoms with Gasteiger partial charge in [-0.15, -0.1) is 0 Å². The number of rotatable bonds is 11. The van der Waals surface area contributed by atoms with Crippen LogP contribution >= 0.6 is 0 Å². The van der Waals surface area contributed by atoms with Crippen LogP contribution < -0.4 is 5.32 Å². The highest BCUT2D eigenvalue weighted by molar-refractivity contribution is 5.82. The van der Waals surface area contributed by atoms with Crippen molar-refractivity contribution in [2.24, 2.45) is 5.92 Å². The van der Waals surface area contributed by atoms with Crippen LogP contribution in [0.2, 0.25) is 0 Å². The van der Waals surface area contributed by atoms with Gasteiger partial charge in [0.1, 0.15) is 5.54 Å². The molecule has 1 fully saturated rings. The molecular weight excluding hydrogens is 272 g/mol. The molecule has 1 aliphatic carbocycles. The second-order valence-corrected chi connectivity index (χ2v) is 5.75. The van der Waals surface area contributed by atoms with Crippen LogP contribution in [-0.4, -0.2) is 77.1 Å². The van der Waals surface area contributed by atoms with Gasteiger partial charge in [0.2, 0.25) is 0 Å². The molecule has 2 atom stereocenters. The first-order valence-corrected chi connectivity index (χ1v) is 7.55. The van der Waals surface area contributed by atoms with E-state index in [1.807, 2.05) is 7.05 Å². The molecule has 0 aromatic carbocycles. The van der Waals surface area contributed by atoms with Crippen LogP contribution in [0.4, 0.5) is 0 Å². The van der Waals surface area contributed by atoms with Crippen molar-refractivity contribution < 1.29 is 19.0 Å². The summed E-state index contributed by atoms with van der Waals surface area (Å²) in [5.41, 5.74) is -0.634. The van der Waals surface area contributed by atoms with Gasteiger partial charge in [-0.3, -0.25) is 4.90 Å². The summed E-state index contributed by atoms with van der Waals surface area (Å²) in [5, 5.41) is 3.23. The minimum Gasteiger partial charge on any atom is -0.468 e. The van der Waals surface area contributed by atoms with Crippen LogP contribution in [0, 0.1) is 5.92 Å². The van der Waals surface area contributed by atoms with E-state index in [1.165, 1.54) is 7.11 Å². The van der Waals surface area contributed by atoms with Crippen molar-refractivity contribution in [3.05, 3.63) is 0 Å². The third kappa shape index (κ3) is 4.64. The molecule has 1 saturated carbocycles. The molecule has 1 aliphatic rings. The highest BCUT2D eigenvalue weighted by atomic mass is 16.5. The Kier molecular flexibility index (Phi) is 7.59. The second kappa shape index (κ2) is 8.68. The van der Waals surface area contributed by atoms with Crippen molar-refractivity contribution in [3.8, 4) is 0 Å². The van der Waals surface area contributed by atoms with Gasteiger partial charge in [0.25, 0.3) is 0 Å². The number of methoxy groups -OCH3 is 3. The normalized spacial score (nSPS) is 19.3. The first-order chi connectivity index (χ1) is 10.1. The summed E-state index contributed by atoms with van der Waals surface area (Å²) in [4.78, 5) is 14.6. The fraction of sp³-hybridized carbons (Fsp3) is 0.933. The van der Waals surface area contributed by atoms with E-state index in [-0.39, 0.29) is 12.0 Å². The number of carbonyl (C=O) groups excluding carboxylic acids is 1. The van der Waals surface area contributed by atoms with Crippen molar-refractivity contribution in [3.63, 3.8) is 0 Å². The lowest BCUT2D eigenvalue weighted by Gasteiger charge is -2.38. The van der Waals surface area contributed by atoms with Crippen molar-refractivity contribution in [2.45, 2.75) is 31.3 Å². The summed E-state index contributed by atoms with van der Waals surface area (Å²) in [5.74, 6) is 0.161. The summed E-state index contributed by atoms with van der Waals surface area (Å²) in [7, 11) is 6.67. The first kappa shape index (κ1) is 18.4. The third-order valence-electron chi connectivity index (χ3n) is 4.34. The van der Waals surface area contributed by atoms with Crippen molar-refractivity contribution >= 4 is 5.97 Å². The molecule has 0 bridgehead atoms. The molecule has 0 spiro atoms. The number of hydrogen-bond acceptors (Lipinski definition) is 6. The number of carbonyl (C=O) groups is 1. The molecule has 21 heavy (non-hydrogen) atoms. The molecule has 6 heteroatoms. The number of nitrogens with one attached hydrogen (secondary N) is 1. The van der Waals surface area contributed by atoms with Crippen LogP contribution in [0.1, 0.15) is 19.8 Å². The molecule has 2 unspecified atom stereocenters. The lowest BCUT2D eigenvalue weighted by Crippen LogP contribution is -2.61. The van der Waals surface area contributed by atoms with Gasteiger partial charge >= 0.3 is 5.97 Å². The summed E-state index contributed by atoms with van der Waals surface area (Å²) in [6, 6.07) is 0.210. The lowest BCUT2D eigenvalue weighted by atomic mass is 9.92. The summed E-state index contributed by atoms with van der Waals surface area (Å²) in [6.45, 7) is 4.71. The molecule has 0 aliphatic heterocycles. The predicted octanol–water partition coefficient (Wildman–Crippen LogP) is 0.511. The summed E-state index contributed by atoms with van der Waals surface area (Å²) < 4.78 is 15.5. The van der Waals surface area contributed by atoms with E-state index in [0.29, 0.717) is 25.7 Å². The standard InChI is InChI=1S/C15H30N2O4/c1-12(10-20-4)17(8-9-19-3)11-15(16-2,13-6-7-13)14(18)21-5/h12-13,16H,6-11H2,1-5H3. The molecule has 0 heterocycles. The van der Waals surface area contributed by atoms with Gasteiger partial charge < -0.3 is 19.5 Å². The van der Waals surface area contributed by atoms with Gasteiger partial charge in [-0.25, -0.2) is 4.79 Å². The largest absolute Gasteiger partial charge is 0.468 e.